The Labute approximate surface area is 196 Å². The molecule has 4 aromatic carbocycles. The summed E-state index contributed by atoms with van der Waals surface area (Å²) in [5.41, 5.74) is 4.62. The Hall–Kier alpha value is -3.13. The summed E-state index contributed by atoms with van der Waals surface area (Å²) >= 11 is 0. The summed E-state index contributed by atoms with van der Waals surface area (Å²) < 4.78 is 0. The molecule has 1 aliphatic heterocycles. The molecule has 2 heteroatoms. The average Bonchev–Trinajstić information content (AvgIpc) is 3.05. The molecule has 2 heterocycles. The van der Waals surface area contributed by atoms with Gasteiger partial charge >= 0.3 is 0 Å². The van der Waals surface area contributed by atoms with Crippen molar-refractivity contribution in [3.63, 3.8) is 0 Å². The highest BCUT2D eigenvalue weighted by Crippen LogP contribution is 2.53. The van der Waals surface area contributed by atoms with Gasteiger partial charge in [0.05, 0.1) is 0 Å². The van der Waals surface area contributed by atoms with E-state index in [1.165, 1.54) is 61.5 Å². The van der Waals surface area contributed by atoms with Crippen molar-refractivity contribution in [2.75, 3.05) is 0 Å². The molecule has 0 radical (unpaired) electrons. The molecule has 0 unspecified atom stereocenters. The molecule has 0 amide bonds. The third kappa shape index (κ3) is 3.11. The molecule has 0 spiro atoms. The molecule has 0 aliphatic carbocycles. The maximum atomic E-state index is 4.40. The highest BCUT2D eigenvalue weighted by molar-refractivity contribution is 6.77. The first kappa shape index (κ1) is 20.5. The summed E-state index contributed by atoms with van der Waals surface area (Å²) in [7, 11) is 0. The van der Waals surface area contributed by atoms with Crippen LogP contribution >= 0.6 is 0 Å². The topological polar surface area (TPSA) is 12.9 Å². The predicted molar refractivity (Wildman–Crippen MR) is 145 cm³/mol. The molecule has 162 valence electrons. The summed E-state index contributed by atoms with van der Waals surface area (Å²) in [5.74, 6) is 0. The van der Waals surface area contributed by atoms with Crippen molar-refractivity contribution < 1.29 is 0 Å². The third-order valence-corrected chi connectivity index (χ3v) is 8.67. The number of hydrogen-bond acceptors (Lipinski definition) is 1. The van der Waals surface area contributed by atoms with Crippen molar-refractivity contribution in [1.82, 2.24) is 4.98 Å². The van der Waals surface area contributed by atoms with Gasteiger partial charge in [0.15, 0.2) is 6.71 Å². The van der Waals surface area contributed by atoms with Crippen LogP contribution in [0, 0.1) is 10.8 Å². The lowest BCUT2D eigenvalue weighted by molar-refractivity contribution is 0.177. The van der Waals surface area contributed by atoms with Gasteiger partial charge in [-0.05, 0) is 60.8 Å². The summed E-state index contributed by atoms with van der Waals surface area (Å²) in [6, 6.07) is 27.0. The summed E-state index contributed by atoms with van der Waals surface area (Å²) in [5, 5.41) is 8.11. The van der Waals surface area contributed by atoms with Crippen molar-refractivity contribution in [3.8, 4) is 11.1 Å². The van der Waals surface area contributed by atoms with Gasteiger partial charge in [0.1, 0.15) is 0 Å². The zero-order chi connectivity index (χ0) is 22.8. The van der Waals surface area contributed by atoms with Gasteiger partial charge in [-0.1, -0.05) is 106 Å². The molecule has 0 saturated carbocycles. The molecule has 1 aliphatic rings. The Morgan fingerprint density at radius 2 is 1.21 bits per heavy atom. The minimum Gasteiger partial charge on any atom is -0.264 e. The highest BCUT2D eigenvalue weighted by atomic mass is 14.6. The van der Waals surface area contributed by atoms with E-state index < -0.39 is 0 Å². The number of nitrogens with zero attached hydrogens (tertiary/aromatic N) is 1. The van der Waals surface area contributed by atoms with E-state index in [9.17, 15) is 0 Å². The fourth-order valence-corrected chi connectivity index (χ4v) is 6.15. The van der Waals surface area contributed by atoms with Crippen LogP contribution in [0.15, 0.2) is 85.2 Å². The van der Waals surface area contributed by atoms with Crippen LogP contribution in [0.5, 0.6) is 0 Å². The number of pyridine rings is 1. The lowest BCUT2D eigenvalue weighted by Gasteiger charge is -2.35. The van der Waals surface area contributed by atoms with Crippen LogP contribution in [0.2, 0.25) is 12.6 Å². The average molecular weight is 427 g/mol. The summed E-state index contributed by atoms with van der Waals surface area (Å²) in [6.07, 6.45) is 6.30. The number of fused-ring (bicyclic) bond motifs is 5. The zero-order valence-electron chi connectivity index (χ0n) is 20.0. The van der Waals surface area contributed by atoms with Gasteiger partial charge in [-0.3, -0.25) is 4.98 Å². The summed E-state index contributed by atoms with van der Waals surface area (Å²) in [6.45, 7) is 10.4. The fourth-order valence-electron chi connectivity index (χ4n) is 6.15. The van der Waals surface area contributed by atoms with E-state index in [-0.39, 0.29) is 0 Å². The SMILES string of the molecule is CC1(C)CB(c2cc3c4ccccc4c(-c4cccnc4)cc3c3ccccc23)CC1(C)C. The van der Waals surface area contributed by atoms with Crippen molar-refractivity contribution in [1.29, 1.82) is 0 Å². The van der Waals surface area contributed by atoms with Gasteiger partial charge in [-0.2, -0.15) is 0 Å². The molecule has 0 bridgehead atoms. The van der Waals surface area contributed by atoms with Gasteiger partial charge in [0.2, 0.25) is 0 Å². The van der Waals surface area contributed by atoms with Crippen LogP contribution in [0.25, 0.3) is 43.4 Å². The minimum absolute atomic E-state index is 0.333. The van der Waals surface area contributed by atoms with Crippen LogP contribution in [0.3, 0.4) is 0 Å². The maximum Gasteiger partial charge on any atom is 0.177 e. The molecule has 1 saturated heterocycles. The normalized spacial score (nSPS) is 17.3. The second-order valence-corrected chi connectivity index (χ2v) is 11.2. The van der Waals surface area contributed by atoms with Crippen LogP contribution in [0.4, 0.5) is 0 Å². The first-order chi connectivity index (χ1) is 15.9. The molecule has 1 nitrogen and oxygen atoms in total. The van der Waals surface area contributed by atoms with Gasteiger partial charge in [-0.15, -0.1) is 0 Å². The van der Waals surface area contributed by atoms with Gasteiger partial charge in [-0.25, -0.2) is 0 Å². The Morgan fingerprint density at radius 1 is 0.636 bits per heavy atom. The Kier molecular flexibility index (Phi) is 4.46. The number of rotatable bonds is 2. The summed E-state index contributed by atoms with van der Waals surface area (Å²) in [4.78, 5) is 4.40. The lowest BCUT2D eigenvalue weighted by atomic mass is 9.41. The van der Waals surface area contributed by atoms with E-state index in [4.69, 9.17) is 0 Å². The van der Waals surface area contributed by atoms with Crippen LogP contribution in [-0.4, -0.2) is 11.7 Å². The molecule has 0 atom stereocenters. The van der Waals surface area contributed by atoms with Gasteiger partial charge in [0.25, 0.3) is 0 Å². The molecule has 5 aromatic rings. The largest absolute Gasteiger partial charge is 0.264 e. The van der Waals surface area contributed by atoms with E-state index in [1.54, 1.807) is 0 Å². The Bertz CT molecular complexity index is 1500. The van der Waals surface area contributed by atoms with E-state index in [1.807, 2.05) is 18.5 Å². The third-order valence-electron chi connectivity index (χ3n) is 8.67. The molecular weight excluding hydrogens is 397 g/mol. The first-order valence-electron chi connectivity index (χ1n) is 12.1. The van der Waals surface area contributed by atoms with E-state index in [0.717, 1.165) is 0 Å². The van der Waals surface area contributed by atoms with E-state index >= 15 is 0 Å². The predicted octanol–water partition coefficient (Wildman–Crippen LogP) is 7.98. The van der Waals surface area contributed by atoms with Crippen molar-refractivity contribution in [2.45, 2.75) is 40.3 Å². The Morgan fingerprint density at radius 3 is 1.85 bits per heavy atom. The molecule has 1 fully saturated rings. The smallest absolute Gasteiger partial charge is 0.177 e. The van der Waals surface area contributed by atoms with Gasteiger partial charge < -0.3 is 0 Å². The molecule has 0 N–H and O–H groups in total. The van der Waals surface area contributed by atoms with Gasteiger partial charge in [0, 0.05) is 18.0 Å². The second kappa shape index (κ2) is 7.19. The van der Waals surface area contributed by atoms with E-state index in [2.05, 4.69) is 99.4 Å². The van der Waals surface area contributed by atoms with Crippen molar-refractivity contribution in [3.05, 3.63) is 85.2 Å². The maximum absolute atomic E-state index is 4.40. The highest BCUT2D eigenvalue weighted by Gasteiger charge is 2.48. The standard InChI is InChI=1S/C31H30BN/c1-30(2)19-32(20-31(30,3)4)29-17-28-23-12-6-5-11-22(23)26(21-10-9-15-33-18-21)16-27(28)24-13-7-8-14-25(24)29/h5-18H,19-20H2,1-4H3. The molecule has 1 aromatic heterocycles. The molecule has 6 rings (SSSR count). The first-order valence-corrected chi connectivity index (χ1v) is 12.1. The molecule has 33 heavy (non-hydrogen) atoms. The van der Waals surface area contributed by atoms with Crippen LogP contribution in [-0.2, 0) is 0 Å². The van der Waals surface area contributed by atoms with E-state index in [0.29, 0.717) is 17.5 Å². The van der Waals surface area contributed by atoms with Crippen molar-refractivity contribution >= 4 is 44.5 Å². The molecular formula is C31H30BN. The zero-order valence-corrected chi connectivity index (χ0v) is 20.0. The monoisotopic (exact) mass is 427 g/mol. The number of hydrogen-bond donors (Lipinski definition) is 0. The van der Waals surface area contributed by atoms with Crippen molar-refractivity contribution in [2.24, 2.45) is 10.8 Å². The number of aromatic nitrogens is 1. The quantitative estimate of drug-likeness (QED) is 0.206. The lowest BCUT2D eigenvalue weighted by Crippen LogP contribution is -2.28. The Balaban J connectivity index is 1.70. The van der Waals surface area contributed by atoms with Crippen LogP contribution < -0.4 is 5.46 Å². The van der Waals surface area contributed by atoms with Crippen LogP contribution in [0.1, 0.15) is 27.7 Å². The number of benzene rings is 4. The second-order valence-electron chi connectivity index (χ2n) is 11.2. The minimum atomic E-state index is 0.333. The fraction of sp³-hybridized carbons (Fsp3) is 0.258.